The zero-order valence-corrected chi connectivity index (χ0v) is 16.2. The van der Waals surface area contributed by atoms with E-state index in [1.54, 1.807) is 12.3 Å². The summed E-state index contributed by atoms with van der Waals surface area (Å²) in [6, 6.07) is 9.16. The molecule has 158 valence electrons. The molecule has 0 aliphatic heterocycles. The van der Waals surface area contributed by atoms with Crippen molar-refractivity contribution in [2.75, 3.05) is 5.32 Å². The Labute approximate surface area is 174 Å². The number of nitrogens with one attached hydrogen (secondary N) is 3. The Balaban J connectivity index is 1.54. The largest absolute Gasteiger partial charge is 0.412 e. The van der Waals surface area contributed by atoms with E-state index in [0.29, 0.717) is 16.6 Å². The number of hydrogen-bond acceptors (Lipinski definition) is 4. The maximum Gasteiger partial charge on any atom is 0.412 e. The molecule has 3 heterocycles. The van der Waals surface area contributed by atoms with Crippen molar-refractivity contribution in [3.63, 3.8) is 0 Å². The number of carbonyl (C=O) groups excluding carboxylic acids is 1. The number of rotatable bonds is 4. The molecule has 4 rings (SSSR count). The summed E-state index contributed by atoms with van der Waals surface area (Å²) in [7, 11) is 0. The number of alkyl halides is 3. The van der Waals surface area contributed by atoms with Gasteiger partial charge in [0.2, 0.25) is 0 Å². The van der Waals surface area contributed by atoms with Crippen molar-refractivity contribution in [1.82, 2.24) is 25.5 Å². The van der Waals surface area contributed by atoms with Crippen LogP contribution in [0.2, 0.25) is 0 Å². The SMILES string of the molecule is Cc1cc(-c2n[nH]c3cc(NC(=O)N[C@@H](c4ccccc4)C(F)(F)F)ncc23)ccn1. The van der Waals surface area contributed by atoms with Gasteiger partial charge in [0, 0.05) is 35.1 Å². The van der Waals surface area contributed by atoms with Gasteiger partial charge in [0.1, 0.15) is 11.5 Å². The summed E-state index contributed by atoms with van der Waals surface area (Å²) in [5.74, 6) is 0.0834. The van der Waals surface area contributed by atoms with E-state index in [0.717, 1.165) is 11.3 Å². The predicted octanol–water partition coefficient (Wildman–Crippen LogP) is 4.75. The summed E-state index contributed by atoms with van der Waals surface area (Å²) in [6.45, 7) is 1.86. The first-order valence-corrected chi connectivity index (χ1v) is 9.27. The van der Waals surface area contributed by atoms with Crippen molar-refractivity contribution in [2.45, 2.75) is 19.1 Å². The van der Waals surface area contributed by atoms with E-state index in [9.17, 15) is 18.0 Å². The van der Waals surface area contributed by atoms with Crippen molar-refractivity contribution < 1.29 is 18.0 Å². The number of aryl methyl sites for hydroxylation is 1. The number of halogens is 3. The van der Waals surface area contributed by atoms with Crippen LogP contribution in [0.1, 0.15) is 17.3 Å². The van der Waals surface area contributed by atoms with Gasteiger partial charge in [-0.1, -0.05) is 30.3 Å². The second-order valence-corrected chi connectivity index (χ2v) is 6.86. The van der Waals surface area contributed by atoms with Crippen LogP contribution in [-0.4, -0.2) is 32.4 Å². The van der Waals surface area contributed by atoms with Crippen molar-refractivity contribution in [3.8, 4) is 11.3 Å². The molecule has 0 radical (unpaired) electrons. The van der Waals surface area contributed by atoms with E-state index in [1.807, 2.05) is 24.4 Å². The molecule has 0 unspecified atom stereocenters. The lowest BCUT2D eigenvalue weighted by Crippen LogP contribution is -2.40. The van der Waals surface area contributed by atoms with Gasteiger partial charge in [0.15, 0.2) is 6.04 Å². The normalized spacial score (nSPS) is 12.5. The Hall–Kier alpha value is -3.95. The molecule has 3 aromatic heterocycles. The third-order valence-electron chi connectivity index (χ3n) is 4.59. The number of aromatic amines is 1. The zero-order chi connectivity index (χ0) is 22.0. The standard InChI is InChI=1S/C21H17F3N6O/c1-12-9-14(7-8-25-12)18-15-11-26-17(10-16(15)29-30-18)27-20(31)28-19(21(22,23)24)13-5-3-2-4-6-13/h2-11,19H,1H3,(H,29,30)(H2,26,27,28,31)/t19-/m0/s1. The monoisotopic (exact) mass is 426 g/mol. The van der Waals surface area contributed by atoms with Crippen LogP contribution < -0.4 is 10.6 Å². The number of hydrogen-bond donors (Lipinski definition) is 3. The lowest BCUT2D eigenvalue weighted by Gasteiger charge is -2.22. The van der Waals surface area contributed by atoms with Crippen molar-refractivity contribution in [1.29, 1.82) is 0 Å². The van der Waals surface area contributed by atoms with Gasteiger partial charge in [-0.25, -0.2) is 9.78 Å². The fourth-order valence-electron chi connectivity index (χ4n) is 3.18. The van der Waals surface area contributed by atoms with Crippen LogP contribution in [0.15, 0.2) is 60.9 Å². The number of benzene rings is 1. The predicted molar refractivity (Wildman–Crippen MR) is 109 cm³/mol. The van der Waals surface area contributed by atoms with Gasteiger partial charge < -0.3 is 5.32 Å². The number of aromatic nitrogens is 4. The smallest absolute Gasteiger partial charge is 0.322 e. The topological polar surface area (TPSA) is 95.6 Å². The lowest BCUT2D eigenvalue weighted by atomic mass is 10.1. The molecule has 4 aromatic rings. The third-order valence-corrected chi connectivity index (χ3v) is 4.59. The van der Waals surface area contributed by atoms with Gasteiger partial charge in [-0.2, -0.15) is 18.3 Å². The van der Waals surface area contributed by atoms with Crippen LogP contribution in [0.4, 0.5) is 23.8 Å². The summed E-state index contributed by atoms with van der Waals surface area (Å²) >= 11 is 0. The molecule has 0 aliphatic carbocycles. The number of carbonyl (C=O) groups is 1. The molecule has 0 saturated carbocycles. The van der Waals surface area contributed by atoms with Gasteiger partial charge in [0.25, 0.3) is 0 Å². The number of fused-ring (bicyclic) bond motifs is 1. The Morgan fingerprint density at radius 3 is 2.58 bits per heavy atom. The number of amides is 2. The Morgan fingerprint density at radius 2 is 1.87 bits per heavy atom. The highest BCUT2D eigenvalue weighted by atomic mass is 19.4. The van der Waals surface area contributed by atoms with E-state index in [1.165, 1.54) is 36.5 Å². The Bertz CT molecular complexity index is 1220. The van der Waals surface area contributed by atoms with Crippen LogP contribution in [0.3, 0.4) is 0 Å². The van der Waals surface area contributed by atoms with Gasteiger partial charge in [0.05, 0.1) is 5.52 Å². The summed E-state index contributed by atoms with van der Waals surface area (Å²) in [5, 5.41) is 12.1. The lowest BCUT2D eigenvalue weighted by molar-refractivity contribution is -0.154. The van der Waals surface area contributed by atoms with Crippen LogP contribution in [-0.2, 0) is 0 Å². The first-order chi connectivity index (χ1) is 14.8. The molecule has 1 aromatic carbocycles. The molecule has 7 nitrogen and oxygen atoms in total. The number of nitrogens with zero attached hydrogens (tertiary/aromatic N) is 3. The quantitative estimate of drug-likeness (QED) is 0.439. The molecule has 0 aliphatic rings. The van der Waals surface area contributed by atoms with E-state index < -0.39 is 18.2 Å². The third kappa shape index (κ3) is 4.47. The number of pyridine rings is 2. The fourth-order valence-corrected chi connectivity index (χ4v) is 3.18. The first kappa shape index (κ1) is 20.3. The van der Waals surface area contributed by atoms with Crippen LogP contribution in [0, 0.1) is 6.92 Å². The average molecular weight is 426 g/mol. The average Bonchev–Trinajstić information content (AvgIpc) is 3.15. The molecular formula is C21H17F3N6O. The van der Waals surface area contributed by atoms with Gasteiger partial charge in [-0.05, 0) is 24.6 Å². The number of anilines is 1. The molecular weight excluding hydrogens is 409 g/mol. The van der Waals surface area contributed by atoms with E-state index in [2.05, 4.69) is 25.5 Å². The molecule has 0 bridgehead atoms. The highest BCUT2D eigenvalue weighted by Gasteiger charge is 2.41. The second-order valence-electron chi connectivity index (χ2n) is 6.86. The number of H-pyrrole nitrogens is 1. The van der Waals surface area contributed by atoms with Crippen molar-refractivity contribution >= 4 is 22.8 Å². The maximum atomic E-state index is 13.4. The minimum Gasteiger partial charge on any atom is -0.322 e. The summed E-state index contributed by atoms with van der Waals surface area (Å²) in [4.78, 5) is 20.5. The molecule has 0 saturated heterocycles. The van der Waals surface area contributed by atoms with Crippen LogP contribution >= 0.6 is 0 Å². The molecule has 2 amide bonds. The minimum absolute atomic E-state index is 0.0700. The second kappa shape index (κ2) is 8.05. The molecule has 3 N–H and O–H groups in total. The first-order valence-electron chi connectivity index (χ1n) is 9.27. The molecule has 31 heavy (non-hydrogen) atoms. The van der Waals surface area contributed by atoms with Crippen LogP contribution in [0.25, 0.3) is 22.2 Å². The van der Waals surface area contributed by atoms with E-state index >= 15 is 0 Å². The van der Waals surface area contributed by atoms with E-state index in [-0.39, 0.29) is 11.4 Å². The summed E-state index contributed by atoms with van der Waals surface area (Å²) in [6.07, 6.45) is -1.49. The van der Waals surface area contributed by atoms with Crippen molar-refractivity contribution in [3.05, 3.63) is 72.2 Å². The summed E-state index contributed by atoms with van der Waals surface area (Å²) in [5.41, 5.74) is 2.83. The minimum atomic E-state index is -4.66. The zero-order valence-electron chi connectivity index (χ0n) is 16.2. The van der Waals surface area contributed by atoms with Gasteiger partial charge in [-0.15, -0.1) is 0 Å². The maximum absolute atomic E-state index is 13.4. The molecule has 0 fully saturated rings. The molecule has 1 atom stereocenters. The van der Waals surface area contributed by atoms with Crippen molar-refractivity contribution in [2.24, 2.45) is 0 Å². The van der Waals surface area contributed by atoms with Gasteiger partial charge >= 0.3 is 12.2 Å². The fraction of sp³-hybridized carbons (Fsp3) is 0.143. The van der Waals surface area contributed by atoms with E-state index in [4.69, 9.17) is 0 Å². The highest BCUT2D eigenvalue weighted by Crippen LogP contribution is 2.32. The summed E-state index contributed by atoms with van der Waals surface area (Å²) < 4.78 is 40.3. The van der Waals surface area contributed by atoms with Crippen LogP contribution in [0.5, 0.6) is 0 Å². The Morgan fingerprint density at radius 1 is 1.10 bits per heavy atom. The highest BCUT2D eigenvalue weighted by molar-refractivity contribution is 5.95. The number of urea groups is 1. The Kier molecular flexibility index (Phi) is 5.28. The molecule has 10 heteroatoms. The molecule has 0 spiro atoms. The van der Waals surface area contributed by atoms with Gasteiger partial charge in [-0.3, -0.25) is 15.4 Å².